The van der Waals surface area contributed by atoms with Crippen LogP contribution in [-0.4, -0.2) is 30.9 Å². The van der Waals surface area contributed by atoms with Gasteiger partial charge in [-0.1, -0.05) is 30.8 Å². The lowest BCUT2D eigenvalue weighted by atomic mass is 10.2. The zero-order valence-corrected chi connectivity index (χ0v) is 14.3. The molecule has 0 aliphatic rings. The lowest BCUT2D eigenvalue weighted by molar-refractivity contribution is 0.683. The Labute approximate surface area is 132 Å². The van der Waals surface area contributed by atoms with Gasteiger partial charge in [0.1, 0.15) is 5.82 Å². The van der Waals surface area contributed by atoms with E-state index in [1.54, 1.807) is 11.8 Å². The molecule has 0 spiro atoms. The van der Waals surface area contributed by atoms with E-state index in [0.717, 1.165) is 45.6 Å². The molecule has 0 aliphatic heterocycles. The Bertz CT molecular complexity index is 625. The Kier molecular flexibility index (Phi) is 5.99. The average Bonchev–Trinajstić information content (AvgIpc) is 2.89. The molecule has 114 valence electrons. The zero-order valence-electron chi connectivity index (χ0n) is 12.7. The van der Waals surface area contributed by atoms with Crippen molar-refractivity contribution in [1.29, 1.82) is 0 Å². The molecule has 0 amide bonds. The van der Waals surface area contributed by atoms with Crippen molar-refractivity contribution in [3.63, 3.8) is 0 Å². The van der Waals surface area contributed by atoms with Crippen LogP contribution in [0.4, 0.5) is 0 Å². The Morgan fingerprint density at radius 3 is 2.90 bits per heavy atom. The Hall–Kier alpha value is -1.14. The summed E-state index contributed by atoms with van der Waals surface area (Å²) in [6.07, 6.45) is 1.97. The van der Waals surface area contributed by atoms with E-state index in [2.05, 4.69) is 22.1 Å². The number of hydrogen-bond acceptors (Lipinski definition) is 4. The highest BCUT2D eigenvalue weighted by Crippen LogP contribution is 2.18. The summed E-state index contributed by atoms with van der Waals surface area (Å²) in [6.45, 7) is 6.15. The summed E-state index contributed by atoms with van der Waals surface area (Å²) in [5.41, 5.74) is 2.24. The van der Waals surface area contributed by atoms with Crippen LogP contribution < -0.4 is 0 Å². The Morgan fingerprint density at radius 2 is 2.14 bits per heavy atom. The monoisotopic (exact) mass is 323 g/mol. The lowest BCUT2D eigenvalue weighted by Crippen LogP contribution is -2.03. The number of aromatic amines is 1. The highest BCUT2D eigenvalue weighted by atomic mass is 32.2. The van der Waals surface area contributed by atoms with Crippen LogP contribution in [-0.2, 0) is 17.2 Å². The molecule has 0 saturated heterocycles. The molecule has 1 atom stereocenters. The van der Waals surface area contributed by atoms with Gasteiger partial charge in [-0.15, -0.1) is 5.10 Å². The largest absolute Gasteiger partial charge is 0.262 e. The van der Waals surface area contributed by atoms with E-state index in [0.29, 0.717) is 5.75 Å². The summed E-state index contributed by atoms with van der Waals surface area (Å²) in [5, 5.41) is 7.85. The quantitative estimate of drug-likeness (QED) is 0.795. The summed E-state index contributed by atoms with van der Waals surface area (Å²) in [4.78, 5) is 5.34. The summed E-state index contributed by atoms with van der Waals surface area (Å²) in [5.74, 6) is 2.30. The third-order valence-electron chi connectivity index (χ3n) is 3.09. The summed E-state index contributed by atoms with van der Waals surface area (Å²) in [6, 6.07) is 6.10. The summed E-state index contributed by atoms with van der Waals surface area (Å²) >= 11 is 1.55. The molecule has 1 aromatic heterocycles. The first-order chi connectivity index (χ1) is 10.1. The standard InChI is InChI=1S/C15H21N3OS2/c1-4-5-14-16-15(18-17-14)20-8-9-21(19)13-10-11(2)6-7-12(13)3/h6-7,10H,4-5,8-9H2,1-3H3,(H,16,17,18)/t21-/m0/s1. The molecule has 1 aromatic carbocycles. The molecule has 0 saturated carbocycles. The number of nitrogens with zero attached hydrogens (tertiary/aromatic N) is 2. The minimum Gasteiger partial charge on any atom is -0.262 e. The molecule has 6 heteroatoms. The number of hydrogen-bond donors (Lipinski definition) is 1. The second-order valence-corrected chi connectivity index (χ2v) is 7.58. The second kappa shape index (κ2) is 7.75. The van der Waals surface area contributed by atoms with Gasteiger partial charge in [0.2, 0.25) is 5.16 Å². The van der Waals surface area contributed by atoms with Gasteiger partial charge in [-0.25, -0.2) is 4.98 Å². The van der Waals surface area contributed by atoms with E-state index in [1.165, 1.54) is 0 Å². The van der Waals surface area contributed by atoms with E-state index >= 15 is 0 Å². The van der Waals surface area contributed by atoms with E-state index in [4.69, 9.17) is 0 Å². The highest BCUT2D eigenvalue weighted by Gasteiger charge is 2.09. The third kappa shape index (κ3) is 4.68. The molecular formula is C15H21N3OS2. The fourth-order valence-corrected chi connectivity index (χ4v) is 4.33. The molecule has 1 N–H and O–H groups in total. The molecule has 4 nitrogen and oxygen atoms in total. The number of H-pyrrole nitrogens is 1. The molecule has 0 aliphatic carbocycles. The van der Waals surface area contributed by atoms with Crippen LogP contribution in [0.2, 0.25) is 0 Å². The lowest BCUT2D eigenvalue weighted by Gasteiger charge is -2.06. The Morgan fingerprint density at radius 1 is 1.33 bits per heavy atom. The van der Waals surface area contributed by atoms with Gasteiger partial charge in [-0.3, -0.25) is 9.31 Å². The van der Waals surface area contributed by atoms with Crippen LogP contribution in [0.1, 0.15) is 30.3 Å². The molecule has 0 unspecified atom stereocenters. The number of aromatic nitrogens is 3. The maximum Gasteiger partial charge on any atom is 0.208 e. The number of rotatable bonds is 7. The zero-order chi connectivity index (χ0) is 15.2. The molecule has 2 rings (SSSR count). The maximum atomic E-state index is 12.4. The Balaban J connectivity index is 1.87. The fraction of sp³-hybridized carbons (Fsp3) is 0.467. The molecule has 21 heavy (non-hydrogen) atoms. The first-order valence-electron chi connectivity index (χ1n) is 7.10. The van der Waals surface area contributed by atoms with Crippen LogP contribution in [0.15, 0.2) is 28.3 Å². The van der Waals surface area contributed by atoms with Gasteiger partial charge in [-0.05, 0) is 37.5 Å². The molecule has 0 fully saturated rings. The van der Waals surface area contributed by atoms with Crippen molar-refractivity contribution in [2.45, 2.75) is 43.7 Å². The highest BCUT2D eigenvalue weighted by molar-refractivity contribution is 8.00. The minimum atomic E-state index is -0.962. The fourth-order valence-electron chi connectivity index (χ4n) is 1.96. The number of nitrogens with one attached hydrogen (secondary N) is 1. The van der Waals surface area contributed by atoms with Gasteiger partial charge in [-0.2, -0.15) is 0 Å². The van der Waals surface area contributed by atoms with E-state index in [9.17, 15) is 4.21 Å². The average molecular weight is 323 g/mol. The maximum absolute atomic E-state index is 12.4. The molecular weight excluding hydrogens is 302 g/mol. The number of aryl methyl sites for hydroxylation is 3. The molecule has 0 bridgehead atoms. The normalized spacial score (nSPS) is 12.5. The van der Waals surface area contributed by atoms with Crippen molar-refractivity contribution in [2.75, 3.05) is 11.5 Å². The van der Waals surface area contributed by atoms with E-state index in [1.807, 2.05) is 32.0 Å². The topological polar surface area (TPSA) is 58.6 Å². The van der Waals surface area contributed by atoms with Crippen molar-refractivity contribution in [1.82, 2.24) is 15.2 Å². The van der Waals surface area contributed by atoms with Crippen molar-refractivity contribution >= 4 is 22.6 Å². The SMILES string of the molecule is CCCc1nc(SCC[S@](=O)c2cc(C)ccc2C)n[nH]1. The van der Waals surface area contributed by atoms with Gasteiger partial charge in [0.05, 0.1) is 10.8 Å². The van der Waals surface area contributed by atoms with Gasteiger partial charge >= 0.3 is 0 Å². The number of thioether (sulfide) groups is 1. The third-order valence-corrected chi connectivity index (χ3v) is 5.70. The van der Waals surface area contributed by atoms with Crippen LogP contribution in [0.25, 0.3) is 0 Å². The predicted molar refractivity (Wildman–Crippen MR) is 88.3 cm³/mol. The predicted octanol–water partition coefficient (Wildman–Crippen LogP) is 3.27. The van der Waals surface area contributed by atoms with Crippen molar-refractivity contribution in [2.24, 2.45) is 0 Å². The first-order valence-corrected chi connectivity index (χ1v) is 9.40. The smallest absolute Gasteiger partial charge is 0.208 e. The van der Waals surface area contributed by atoms with Gasteiger partial charge in [0, 0.05) is 22.8 Å². The molecule has 0 radical (unpaired) electrons. The first kappa shape index (κ1) is 16.2. The minimum absolute atomic E-state index is 0.618. The van der Waals surface area contributed by atoms with Crippen LogP contribution in [0.5, 0.6) is 0 Å². The van der Waals surface area contributed by atoms with Crippen molar-refractivity contribution in [3.8, 4) is 0 Å². The second-order valence-electron chi connectivity index (χ2n) is 4.98. The van der Waals surface area contributed by atoms with Crippen LogP contribution >= 0.6 is 11.8 Å². The summed E-state index contributed by atoms with van der Waals surface area (Å²) < 4.78 is 12.4. The van der Waals surface area contributed by atoms with E-state index in [-0.39, 0.29) is 0 Å². The van der Waals surface area contributed by atoms with Crippen LogP contribution in [0.3, 0.4) is 0 Å². The summed E-state index contributed by atoms with van der Waals surface area (Å²) in [7, 11) is -0.962. The molecule has 1 heterocycles. The van der Waals surface area contributed by atoms with Crippen LogP contribution in [0, 0.1) is 13.8 Å². The van der Waals surface area contributed by atoms with Crippen molar-refractivity contribution in [3.05, 3.63) is 35.2 Å². The van der Waals surface area contributed by atoms with E-state index < -0.39 is 10.8 Å². The van der Waals surface area contributed by atoms with Crippen molar-refractivity contribution < 1.29 is 4.21 Å². The van der Waals surface area contributed by atoms with Gasteiger partial charge < -0.3 is 0 Å². The molecule has 2 aromatic rings. The number of benzene rings is 1. The van der Waals surface area contributed by atoms with Gasteiger partial charge in [0.25, 0.3) is 0 Å². The van der Waals surface area contributed by atoms with Gasteiger partial charge in [0.15, 0.2) is 0 Å².